The molecular weight excluding hydrogens is 419 g/mol. The number of ketones is 2. The van der Waals surface area contributed by atoms with Crippen molar-refractivity contribution in [2.45, 2.75) is 82.3 Å². The Kier molecular flexibility index (Phi) is 4.44. The van der Waals surface area contributed by atoms with E-state index in [1.54, 1.807) is 27.7 Å². The Balaban J connectivity index is 1.66. The molecule has 0 aromatic carbocycles. The second-order valence-corrected chi connectivity index (χ2v) is 11.1. The monoisotopic (exact) mass is 450 g/mol. The molecule has 1 heterocycles. The number of Topliss-reactive ketones (excluding diaryl/α,β-unsaturated/α-hetero) is 1. The van der Waals surface area contributed by atoms with Gasteiger partial charge in [-0.05, 0) is 63.7 Å². The van der Waals surface area contributed by atoms with Crippen LogP contribution >= 0.6 is 0 Å². The standard InChI is InChI=1S/C24H31FO7/c1-20(2)31-19-9-13-14-8-16(28)15-7-12(27)5-6-21(15,3)23(14,25)17(29)10-22(13,4)24(19,32-20)18(30)11-26/h5-7,13-14,16-17,19,26,28-29H,8-11H2,1-4H3/t13-,14+,16-,17+,19+,21+,22+,23-,24+/m1/s1. The fourth-order valence-electron chi connectivity index (χ4n) is 7.96. The van der Waals surface area contributed by atoms with Gasteiger partial charge in [0.2, 0.25) is 0 Å². The summed E-state index contributed by atoms with van der Waals surface area (Å²) in [6.45, 7) is 6.06. The van der Waals surface area contributed by atoms with E-state index in [0.29, 0.717) is 6.42 Å². The van der Waals surface area contributed by atoms with Gasteiger partial charge < -0.3 is 24.8 Å². The maximum atomic E-state index is 17.2. The van der Waals surface area contributed by atoms with Gasteiger partial charge in [-0.1, -0.05) is 13.0 Å². The second kappa shape index (κ2) is 6.36. The number of halogens is 1. The average Bonchev–Trinajstić information content (AvgIpc) is 3.11. The predicted octanol–water partition coefficient (Wildman–Crippen LogP) is 1.39. The van der Waals surface area contributed by atoms with Crippen LogP contribution in [0, 0.1) is 22.7 Å². The van der Waals surface area contributed by atoms with Crippen LogP contribution in [0.2, 0.25) is 0 Å². The Hall–Kier alpha value is -1.45. The quantitative estimate of drug-likeness (QED) is 0.583. The highest BCUT2D eigenvalue weighted by molar-refractivity contribution is 6.01. The van der Waals surface area contributed by atoms with Crippen LogP contribution in [0.4, 0.5) is 4.39 Å². The molecule has 1 aliphatic heterocycles. The number of rotatable bonds is 2. The summed E-state index contributed by atoms with van der Waals surface area (Å²) in [5.41, 5.74) is -5.78. The molecule has 5 aliphatic rings. The molecule has 0 unspecified atom stereocenters. The summed E-state index contributed by atoms with van der Waals surface area (Å²) in [6.07, 6.45) is 1.02. The average molecular weight is 451 g/mol. The molecule has 0 amide bonds. The van der Waals surface area contributed by atoms with E-state index in [9.17, 15) is 24.9 Å². The smallest absolute Gasteiger partial charge is 0.193 e. The van der Waals surface area contributed by atoms with Gasteiger partial charge >= 0.3 is 0 Å². The normalized spacial score (nSPS) is 53.2. The maximum Gasteiger partial charge on any atom is 0.193 e. The minimum absolute atomic E-state index is 0.00979. The highest BCUT2D eigenvalue weighted by atomic mass is 19.1. The Morgan fingerprint density at radius 1 is 1.19 bits per heavy atom. The van der Waals surface area contributed by atoms with Crippen LogP contribution in [0.25, 0.3) is 0 Å². The van der Waals surface area contributed by atoms with Gasteiger partial charge in [-0.15, -0.1) is 0 Å². The van der Waals surface area contributed by atoms with E-state index in [0.717, 1.165) is 0 Å². The molecule has 32 heavy (non-hydrogen) atoms. The summed E-state index contributed by atoms with van der Waals surface area (Å²) in [5.74, 6) is -3.19. The van der Waals surface area contributed by atoms with E-state index in [1.165, 1.54) is 18.2 Å². The lowest BCUT2D eigenvalue weighted by Gasteiger charge is -2.63. The van der Waals surface area contributed by atoms with Crippen LogP contribution in [-0.2, 0) is 19.1 Å². The highest BCUT2D eigenvalue weighted by Crippen LogP contribution is 2.72. The first kappa shape index (κ1) is 22.3. The number of hydrogen-bond donors (Lipinski definition) is 3. The minimum atomic E-state index is -2.16. The van der Waals surface area contributed by atoms with E-state index in [-0.39, 0.29) is 24.2 Å². The van der Waals surface area contributed by atoms with Gasteiger partial charge in [0.05, 0.1) is 18.3 Å². The van der Waals surface area contributed by atoms with Gasteiger partial charge in [-0.25, -0.2) is 4.39 Å². The number of hydrogen-bond acceptors (Lipinski definition) is 7. The van der Waals surface area contributed by atoms with Crippen LogP contribution in [-0.4, -0.2) is 68.9 Å². The Morgan fingerprint density at radius 3 is 2.53 bits per heavy atom. The first-order valence-electron chi connectivity index (χ1n) is 11.3. The third kappa shape index (κ3) is 2.32. The lowest BCUT2D eigenvalue weighted by atomic mass is 9.44. The van der Waals surface area contributed by atoms with Crippen molar-refractivity contribution in [3.05, 3.63) is 23.8 Å². The third-order valence-corrected chi connectivity index (χ3v) is 9.22. The fraction of sp³-hybridized carbons (Fsp3) is 0.750. The van der Waals surface area contributed by atoms with E-state index in [1.807, 2.05) is 0 Å². The summed E-state index contributed by atoms with van der Waals surface area (Å²) >= 11 is 0. The third-order valence-electron chi connectivity index (χ3n) is 9.22. The van der Waals surface area contributed by atoms with Crippen molar-refractivity contribution >= 4 is 11.6 Å². The summed E-state index contributed by atoms with van der Waals surface area (Å²) in [5, 5.41) is 32.2. The molecule has 3 saturated carbocycles. The molecule has 8 heteroatoms. The van der Waals surface area contributed by atoms with Crippen molar-refractivity contribution in [1.29, 1.82) is 0 Å². The van der Waals surface area contributed by atoms with Crippen molar-refractivity contribution in [3.63, 3.8) is 0 Å². The number of ether oxygens (including phenoxy) is 2. The molecule has 4 aliphatic carbocycles. The number of carbonyl (C=O) groups excluding carboxylic acids is 2. The SMILES string of the molecule is CC1(C)O[C@H]2C[C@@H]3[C@@H]4C[C@@H](O)C5=CC(=O)C=C[C@]5(C)[C@]4(F)[C@@H](O)C[C@]3(C)[C@@]2(C(=O)CO)O1. The number of alkyl halides is 1. The first-order chi connectivity index (χ1) is 14.8. The van der Waals surface area contributed by atoms with Gasteiger partial charge in [-0.3, -0.25) is 9.59 Å². The molecule has 1 saturated heterocycles. The van der Waals surface area contributed by atoms with Gasteiger partial charge in [0.1, 0.15) is 6.61 Å². The fourth-order valence-corrected chi connectivity index (χ4v) is 7.96. The molecular formula is C24H31FO7. The van der Waals surface area contributed by atoms with Crippen LogP contribution in [0.1, 0.15) is 47.0 Å². The van der Waals surface area contributed by atoms with E-state index >= 15 is 4.39 Å². The molecule has 9 atom stereocenters. The Morgan fingerprint density at radius 2 is 1.88 bits per heavy atom. The molecule has 0 aromatic rings. The summed E-state index contributed by atoms with van der Waals surface area (Å²) in [7, 11) is 0. The van der Waals surface area contributed by atoms with Gasteiger partial charge in [0, 0.05) is 16.7 Å². The van der Waals surface area contributed by atoms with Gasteiger partial charge in [0.25, 0.3) is 0 Å². The van der Waals surface area contributed by atoms with Crippen molar-refractivity contribution < 1.29 is 38.8 Å². The van der Waals surface area contributed by atoms with Gasteiger partial charge in [0.15, 0.2) is 28.6 Å². The topological polar surface area (TPSA) is 113 Å². The molecule has 0 spiro atoms. The molecule has 0 bridgehead atoms. The predicted molar refractivity (Wildman–Crippen MR) is 110 cm³/mol. The van der Waals surface area contributed by atoms with Crippen molar-refractivity contribution in [3.8, 4) is 0 Å². The zero-order chi connectivity index (χ0) is 23.5. The summed E-state index contributed by atoms with van der Waals surface area (Å²) < 4.78 is 29.5. The molecule has 0 radical (unpaired) electrons. The number of carbonyl (C=O) groups is 2. The second-order valence-electron chi connectivity index (χ2n) is 11.1. The zero-order valence-corrected chi connectivity index (χ0v) is 18.8. The maximum absolute atomic E-state index is 17.2. The van der Waals surface area contributed by atoms with E-state index in [4.69, 9.17) is 9.47 Å². The molecule has 5 rings (SSSR count). The van der Waals surface area contributed by atoms with Crippen molar-refractivity contribution in [1.82, 2.24) is 0 Å². The highest BCUT2D eigenvalue weighted by Gasteiger charge is 2.80. The Labute approximate surface area is 186 Å². The molecule has 7 nitrogen and oxygen atoms in total. The van der Waals surface area contributed by atoms with Crippen LogP contribution in [0.15, 0.2) is 23.8 Å². The Bertz CT molecular complexity index is 958. The number of aliphatic hydroxyl groups is 3. The lowest BCUT2D eigenvalue weighted by Crippen LogP contribution is -2.71. The van der Waals surface area contributed by atoms with Crippen molar-refractivity contribution in [2.75, 3.05) is 6.61 Å². The van der Waals surface area contributed by atoms with Gasteiger partial charge in [-0.2, -0.15) is 0 Å². The van der Waals surface area contributed by atoms with E-state index in [2.05, 4.69) is 0 Å². The number of aliphatic hydroxyl groups excluding tert-OH is 3. The first-order valence-corrected chi connectivity index (χ1v) is 11.3. The van der Waals surface area contributed by atoms with Crippen LogP contribution < -0.4 is 0 Å². The largest absolute Gasteiger partial charge is 0.390 e. The number of fused-ring (bicyclic) bond motifs is 7. The zero-order valence-electron chi connectivity index (χ0n) is 18.8. The summed E-state index contributed by atoms with van der Waals surface area (Å²) in [6, 6.07) is 0. The van der Waals surface area contributed by atoms with Crippen molar-refractivity contribution in [2.24, 2.45) is 22.7 Å². The van der Waals surface area contributed by atoms with E-state index < -0.39 is 70.4 Å². The van der Waals surface area contributed by atoms with Crippen LogP contribution in [0.5, 0.6) is 0 Å². The molecule has 0 aromatic heterocycles. The molecule has 3 N–H and O–H groups in total. The molecule has 176 valence electrons. The minimum Gasteiger partial charge on any atom is -0.390 e. The van der Waals surface area contributed by atoms with Crippen LogP contribution in [0.3, 0.4) is 0 Å². The molecule has 4 fully saturated rings. The lowest BCUT2D eigenvalue weighted by molar-refractivity contribution is -0.250. The number of allylic oxidation sites excluding steroid dienone is 3. The summed E-state index contributed by atoms with van der Waals surface area (Å²) in [4.78, 5) is 25.1.